The minimum absolute atomic E-state index is 0. The van der Waals surface area contributed by atoms with Crippen molar-refractivity contribution in [3.8, 4) is 0 Å². The second-order valence-electron chi connectivity index (χ2n) is 0.846. The summed E-state index contributed by atoms with van der Waals surface area (Å²) in [5, 5.41) is 2.90. The molecule has 0 aliphatic carbocycles. The standard InChI is InChI=1S/C4H9N.2CH5Si.2ClH.Zr/c1-3-4-5-2;2*1-2;;;/h3,5H,1,4H2,2H3;2*2H2,1H3;2*1H;. The van der Waals surface area contributed by atoms with Crippen molar-refractivity contribution in [2.75, 3.05) is 13.6 Å². The van der Waals surface area contributed by atoms with E-state index in [0.29, 0.717) is 0 Å². The van der Waals surface area contributed by atoms with E-state index in [1.807, 2.05) is 46.7 Å². The van der Waals surface area contributed by atoms with E-state index in [-0.39, 0.29) is 51.0 Å². The molecular weight excluding hydrogens is 304 g/mol. The van der Waals surface area contributed by atoms with Crippen LogP contribution in [0.3, 0.4) is 0 Å². The van der Waals surface area contributed by atoms with Gasteiger partial charge in [0.05, 0.1) is 0 Å². The third-order valence-corrected chi connectivity index (χ3v) is 0.348. The predicted octanol–water partition coefficient (Wildman–Crippen LogP) is 0.568. The smallest absolute Gasteiger partial charge is 0.0129 e. The van der Waals surface area contributed by atoms with Gasteiger partial charge >= 0.3 is 0 Å². The number of rotatable bonds is 2. The summed E-state index contributed by atoms with van der Waals surface area (Å²) < 4.78 is 0. The van der Waals surface area contributed by atoms with Crippen molar-refractivity contribution in [2.24, 2.45) is 0 Å². The number of likely N-dealkylation sites (N-methyl/N-ethyl adjacent to an activating group) is 1. The predicted molar refractivity (Wildman–Crippen MR) is 67.4 cm³/mol. The molecule has 0 atom stereocenters. The minimum atomic E-state index is 0. The summed E-state index contributed by atoms with van der Waals surface area (Å²) in [4.78, 5) is 0. The van der Waals surface area contributed by atoms with Crippen LogP contribution in [-0.4, -0.2) is 34.1 Å². The molecule has 0 fully saturated rings. The zero-order valence-electron chi connectivity index (χ0n) is 8.22. The average molecular weight is 326 g/mol. The van der Waals surface area contributed by atoms with E-state index in [1.165, 1.54) is 0 Å². The number of hydrogen-bond donors (Lipinski definition) is 1. The zero-order chi connectivity index (χ0) is 8.12. The molecule has 1 nitrogen and oxygen atoms in total. The molecule has 0 aromatic carbocycles. The van der Waals surface area contributed by atoms with Gasteiger partial charge in [-0.3, -0.25) is 0 Å². The van der Waals surface area contributed by atoms with Crippen LogP contribution in [0.5, 0.6) is 0 Å². The molecule has 0 rings (SSSR count). The zero-order valence-corrected chi connectivity index (χ0v) is 15.1. The van der Waals surface area contributed by atoms with Gasteiger partial charge in [0.15, 0.2) is 0 Å². The normalized spacial score (nSPS) is 4.08. The van der Waals surface area contributed by atoms with Gasteiger partial charge in [0.1, 0.15) is 0 Å². The first kappa shape index (κ1) is 37.4. The number of halogens is 2. The molecule has 0 heterocycles. The van der Waals surface area contributed by atoms with Crippen LogP contribution < -0.4 is 5.32 Å². The van der Waals surface area contributed by atoms with Crippen LogP contribution in [0.4, 0.5) is 0 Å². The van der Waals surface area contributed by atoms with Gasteiger partial charge in [0, 0.05) is 53.2 Å². The Morgan fingerprint density at radius 1 is 1.17 bits per heavy atom. The average Bonchev–Trinajstić information content (AvgIpc) is 1.98. The summed E-state index contributed by atoms with van der Waals surface area (Å²) in [7, 11) is 5.61. The summed E-state index contributed by atoms with van der Waals surface area (Å²) in [6, 6.07) is 0. The van der Waals surface area contributed by atoms with E-state index >= 15 is 0 Å². The van der Waals surface area contributed by atoms with Gasteiger partial charge in [-0.05, 0) is 7.05 Å². The molecule has 0 aromatic heterocycles. The van der Waals surface area contributed by atoms with Gasteiger partial charge in [-0.1, -0.05) is 19.2 Å². The molecule has 2 radical (unpaired) electrons. The molecule has 0 aromatic rings. The Morgan fingerprint density at radius 3 is 1.42 bits per heavy atom. The first-order chi connectivity index (χ1) is 4.41. The van der Waals surface area contributed by atoms with Crippen molar-refractivity contribution in [2.45, 2.75) is 13.1 Å². The summed E-state index contributed by atoms with van der Waals surface area (Å²) in [5.41, 5.74) is 0. The van der Waals surface area contributed by atoms with Crippen molar-refractivity contribution in [1.29, 1.82) is 0 Å². The Bertz CT molecular complexity index is 44.7. The largest absolute Gasteiger partial charge is 0.316 e. The monoisotopic (exact) mass is 323 g/mol. The molecule has 76 valence electrons. The van der Waals surface area contributed by atoms with E-state index in [0.717, 1.165) is 6.54 Å². The third kappa shape index (κ3) is 101. The van der Waals surface area contributed by atoms with Crippen LogP contribution >= 0.6 is 24.8 Å². The van der Waals surface area contributed by atoms with Gasteiger partial charge in [-0.15, -0.1) is 31.4 Å². The van der Waals surface area contributed by atoms with Crippen LogP contribution in [0, 0.1) is 0 Å². The molecule has 0 amide bonds. The summed E-state index contributed by atoms with van der Waals surface area (Å²) in [6.45, 7) is 8.45. The van der Waals surface area contributed by atoms with Crippen molar-refractivity contribution >= 4 is 45.3 Å². The van der Waals surface area contributed by atoms with Gasteiger partial charge < -0.3 is 5.32 Å². The number of hydrogen-bond acceptors (Lipinski definition) is 1. The SMILES string of the molecule is C=CCNC.C[SiH2].C[SiH2].Cl.Cl.[Zr]. The van der Waals surface area contributed by atoms with Crippen molar-refractivity contribution in [3.05, 3.63) is 12.7 Å². The molecule has 12 heavy (non-hydrogen) atoms. The minimum Gasteiger partial charge on any atom is -0.316 e. The maximum atomic E-state index is 3.49. The molecule has 0 saturated heterocycles. The maximum absolute atomic E-state index is 3.49. The second-order valence-corrected chi connectivity index (χ2v) is 0.846. The Morgan fingerprint density at radius 2 is 1.42 bits per heavy atom. The molecule has 0 aliphatic rings. The molecule has 0 saturated carbocycles. The van der Waals surface area contributed by atoms with E-state index in [9.17, 15) is 0 Å². The fourth-order valence-electron chi connectivity index (χ4n) is 0.144. The first-order valence-electron chi connectivity index (χ1n) is 3.08. The Kier molecular flexibility index (Phi) is 250. The Balaban J connectivity index is -0.0000000116. The summed E-state index contributed by atoms with van der Waals surface area (Å²) in [6.07, 6.45) is 1.82. The van der Waals surface area contributed by atoms with Gasteiger partial charge in [-0.2, -0.15) is 0 Å². The van der Waals surface area contributed by atoms with Gasteiger partial charge in [0.25, 0.3) is 0 Å². The van der Waals surface area contributed by atoms with Gasteiger partial charge in [0.2, 0.25) is 0 Å². The van der Waals surface area contributed by atoms with Crippen molar-refractivity contribution in [3.63, 3.8) is 0 Å². The van der Waals surface area contributed by atoms with Crippen molar-refractivity contribution in [1.82, 2.24) is 5.32 Å². The molecule has 0 bridgehead atoms. The quantitative estimate of drug-likeness (QED) is 0.578. The fourth-order valence-corrected chi connectivity index (χ4v) is 0.144. The van der Waals surface area contributed by atoms with Crippen LogP contribution in [0.15, 0.2) is 12.7 Å². The van der Waals surface area contributed by atoms with E-state index in [1.54, 1.807) is 0 Å². The maximum Gasteiger partial charge on any atom is 0.0129 e. The molecular formula is C6H21Cl2NSi2Zr. The second kappa shape index (κ2) is 80.2. The Hall–Kier alpha value is 1.60. The van der Waals surface area contributed by atoms with Crippen LogP contribution in [-0.2, 0) is 26.2 Å². The molecule has 0 spiro atoms. The summed E-state index contributed by atoms with van der Waals surface area (Å²) >= 11 is 0. The van der Waals surface area contributed by atoms with Crippen molar-refractivity contribution < 1.29 is 26.2 Å². The van der Waals surface area contributed by atoms with E-state index in [2.05, 4.69) is 11.9 Å². The van der Waals surface area contributed by atoms with E-state index in [4.69, 9.17) is 0 Å². The molecule has 1 N–H and O–H groups in total. The van der Waals surface area contributed by atoms with Crippen LogP contribution in [0.2, 0.25) is 13.1 Å². The molecule has 6 heteroatoms. The van der Waals surface area contributed by atoms with Crippen LogP contribution in [0.1, 0.15) is 0 Å². The topological polar surface area (TPSA) is 12.0 Å². The van der Waals surface area contributed by atoms with E-state index < -0.39 is 0 Å². The third-order valence-electron chi connectivity index (χ3n) is 0.348. The molecule has 0 aliphatic heterocycles. The number of nitrogens with one attached hydrogen (secondary N) is 1. The summed E-state index contributed by atoms with van der Waals surface area (Å²) in [5.74, 6) is 0. The van der Waals surface area contributed by atoms with Gasteiger partial charge in [-0.25, -0.2) is 0 Å². The van der Waals surface area contributed by atoms with Crippen LogP contribution in [0.25, 0.3) is 0 Å². The Labute approximate surface area is 115 Å². The first-order valence-corrected chi connectivity index (χ1v) is 5.91. The molecule has 0 unspecified atom stereocenters. The fraction of sp³-hybridized carbons (Fsp3) is 0.667.